The number of nitrogens with zero attached hydrogens (tertiary/aromatic N) is 2. The summed E-state index contributed by atoms with van der Waals surface area (Å²) < 4.78 is 2.07. The molecule has 6 heteroatoms. The van der Waals surface area contributed by atoms with Gasteiger partial charge in [-0.15, -0.1) is 0 Å². The highest BCUT2D eigenvalue weighted by molar-refractivity contribution is 6.36. The van der Waals surface area contributed by atoms with E-state index in [-0.39, 0.29) is 11.9 Å². The summed E-state index contributed by atoms with van der Waals surface area (Å²) in [5, 5.41) is 4.28. The van der Waals surface area contributed by atoms with Crippen molar-refractivity contribution in [2.45, 2.75) is 40.3 Å². The lowest BCUT2D eigenvalue weighted by atomic mass is 9.95. The van der Waals surface area contributed by atoms with Gasteiger partial charge in [0.25, 0.3) is 0 Å². The number of imidazole rings is 1. The van der Waals surface area contributed by atoms with Crippen LogP contribution in [0, 0.1) is 5.41 Å². The standard InChI is InChI=1S/C21H23Cl2N3O/c1-13(24-20(27)21(2,3)4)19-25-17-10-5-6-11-18(17)26(19)12-14-15(22)8-7-9-16(14)23/h5-11,13H,12H2,1-4H3,(H,24,27). The van der Waals surface area contributed by atoms with E-state index in [4.69, 9.17) is 28.2 Å². The molecule has 1 amide bonds. The first kappa shape index (κ1) is 19.7. The van der Waals surface area contributed by atoms with Crippen LogP contribution < -0.4 is 5.32 Å². The molecule has 142 valence electrons. The van der Waals surface area contributed by atoms with Gasteiger partial charge in [-0.3, -0.25) is 4.79 Å². The predicted octanol–water partition coefficient (Wildman–Crippen LogP) is 5.61. The van der Waals surface area contributed by atoms with E-state index in [9.17, 15) is 4.79 Å². The molecule has 27 heavy (non-hydrogen) atoms. The van der Waals surface area contributed by atoms with E-state index in [2.05, 4.69) is 9.88 Å². The van der Waals surface area contributed by atoms with Crippen LogP contribution in [-0.4, -0.2) is 15.5 Å². The Morgan fingerprint density at radius 3 is 2.37 bits per heavy atom. The summed E-state index contributed by atoms with van der Waals surface area (Å²) >= 11 is 12.8. The Labute approximate surface area is 169 Å². The molecule has 3 aromatic rings. The Morgan fingerprint density at radius 2 is 1.74 bits per heavy atom. The number of hydrogen-bond acceptors (Lipinski definition) is 2. The van der Waals surface area contributed by atoms with E-state index in [0.29, 0.717) is 16.6 Å². The van der Waals surface area contributed by atoms with E-state index in [0.717, 1.165) is 22.4 Å². The Bertz CT molecular complexity index is 968. The van der Waals surface area contributed by atoms with Gasteiger partial charge in [-0.2, -0.15) is 0 Å². The Morgan fingerprint density at radius 1 is 1.11 bits per heavy atom. The fourth-order valence-corrected chi connectivity index (χ4v) is 3.43. The molecule has 0 aliphatic heterocycles. The number of amides is 1. The van der Waals surface area contributed by atoms with Crippen LogP contribution in [0.5, 0.6) is 0 Å². The molecule has 0 spiro atoms. The van der Waals surface area contributed by atoms with E-state index < -0.39 is 5.41 Å². The quantitative estimate of drug-likeness (QED) is 0.614. The average Bonchev–Trinajstić information content (AvgIpc) is 2.96. The van der Waals surface area contributed by atoms with E-state index in [1.165, 1.54) is 0 Å². The van der Waals surface area contributed by atoms with Gasteiger partial charge in [-0.25, -0.2) is 4.98 Å². The molecule has 1 N–H and O–H groups in total. The number of benzene rings is 2. The van der Waals surface area contributed by atoms with Crippen molar-refractivity contribution in [2.75, 3.05) is 0 Å². The van der Waals surface area contributed by atoms with E-state index in [1.807, 2.05) is 70.2 Å². The van der Waals surface area contributed by atoms with Crippen molar-refractivity contribution in [1.29, 1.82) is 0 Å². The largest absolute Gasteiger partial charge is 0.346 e. The molecule has 1 atom stereocenters. The number of fused-ring (bicyclic) bond motifs is 1. The predicted molar refractivity (Wildman–Crippen MR) is 111 cm³/mol. The maximum Gasteiger partial charge on any atom is 0.225 e. The highest BCUT2D eigenvalue weighted by Crippen LogP contribution is 2.29. The number of carbonyl (C=O) groups excluding carboxylic acids is 1. The summed E-state index contributed by atoms with van der Waals surface area (Å²) in [4.78, 5) is 17.2. The third-order valence-electron chi connectivity index (χ3n) is 4.48. The van der Waals surface area contributed by atoms with E-state index >= 15 is 0 Å². The minimum Gasteiger partial charge on any atom is -0.346 e. The second-order valence-electron chi connectivity index (χ2n) is 7.69. The minimum absolute atomic E-state index is 0.0237. The number of carbonyl (C=O) groups is 1. The van der Waals surface area contributed by atoms with Crippen molar-refractivity contribution in [3.05, 3.63) is 63.9 Å². The van der Waals surface area contributed by atoms with Gasteiger partial charge in [0.05, 0.1) is 23.6 Å². The number of hydrogen-bond donors (Lipinski definition) is 1. The number of aromatic nitrogens is 2. The summed E-state index contributed by atoms with van der Waals surface area (Å²) in [7, 11) is 0. The third kappa shape index (κ3) is 4.12. The van der Waals surface area contributed by atoms with Crippen LogP contribution in [-0.2, 0) is 11.3 Å². The summed E-state index contributed by atoms with van der Waals surface area (Å²) in [6.07, 6.45) is 0. The van der Waals surface area contributed by atoms with Crippen molar-refractivity contribution >= 4 is 40.1 Å². The van der Waals surface area contributed by atoms with Gasteiger partial charge in [0.1, 0.15) is 5.82 Å². The molecule has 0 bridgehead atoms. The van der Waals surface area contributed by atoms with Crippen molar-refractivity contribution < 1.29 is 4.79 Å². The normalized spacial score (nSPS) is 13.0. The van der Waals surface area contributed by atoms with Crippen LogP contribution >= 0.6 is 23.2 Å². The maximum absolute atomic E-state index is 12.5. The maximum atomic E-state index is 12.5. The topological polar surface area (TPSA) is 46.9 Å². The Balaban J connectivity index is 2.06. The number of rotatable bonds is 4. The second-order valence-corrected chi connectivity index (χ2v) is 8.50. The molecule has 0 aliphatic rings. The third-order valence-corrected chi connectivity index (χ3v) is 5.19. The Kier molecular flexibility index (Phi) is 5.50. The molecule has 0 aliphatic carbocycles. The lowest BCUT2D eigenvalue weighted by Crippen LogP contribution is -2.37. The zero-order chi connectivity index (χ0) is 19.8. The molecule has 1 heterocycles. The van der Waals surface area contributed by atoms with Gasteiger partial charge >= 0.3 is 0 Å². The zero-order valence-electron chi connectivity index (χ0n) is 15.9. The van der Waals surface area contributed by atoms with Crippen LogP contribution in [0.3, 0.4) is 0 Å². The van der Waals surface area contributed by atoms with Crippen molar-refractivity contribution in [3.8, 4) is 0 Å². The molecule has 0 saturated heterocycles. The molecule has 3 rings (SSSR count). The van der Waals surface area contributed by atoms with E-state index in [1.54, 1.807) is 0 Å². The molecular weight excluding hydrogens is 381 g/mol. The van der Waals surface area contributed by atoms with Gasteiger partial charge in [-0.1, -0.05) is 62.2 Å². The number of nitrogens with one attached hydrogen (secondary N) is 1. The lowest BCUT2D eigenvalue weighted by molar-refractivity contribution is -0.129. The first-order chi connectivity index (χ1) is 12.7. The molecule has 4 nitrogen and oxygen atoms in total. The van der Waals surface area contributed by atoms with Crippen LogP contribution in [0.25, 0.3) is 11.0 Å². The summed E-state index contributed by atoms with van der Waals surface area (Å²) in [5.74, 6) is 0.745. The van der Waals surface area contributed by atoms with Crippen LogP contribution in [0.15, 0.2) is 42.5 Å². The average molecular weight is 404 g/mol. The number of para-hydroxylation sites is 2. The van der Waals surface area contributed by atoms with Gasteiger partial charge in [-0.05, 0) is 31.2 Å². The summed E-state index contributed by atoms with van der Waals surface area (Å²) in [6, 6.07) is 13.1. The van der Waals surface area contributed by atoms with Gasteiger partial charge in [0.15, 0.2) is 0 Å². The van der Waals surface area contributed by atoms with Gasteiger partial charge < -0.3 is 9.88 Å². The first-order valence-corrected chi connectivity index (χ1v) is 9.63. The fraction of sp³-hybridized carbons (Fsp3) is 0.333. The summed E-state index contributed by atoms with van der Waals surface area (Å²) in [6.45, 7) is 8.09. The molecule has 2 aromatic carbocycles. The van der Waals surface area contributed by atoms with Gasteiger partial charge in [0, 0.05) is 21.0 Å². The minimum atomic E-state index is -0.475. The zero-order valence-corrected chi connectivity index (χ0v) is 17.4. The summed E-state index contributed by atoms with van der Waals surface area (Å²) in [5.41, 5.74) is 2.20. The second kappa shape index (κ2) is 7.53. The fourth-order valence-electron chi connectivity index (χ4n) is 2.91. The Hall–Kier alpha value is -2.04. The molecule has 1 unspecified atom stereocenters. The van der Waals surface area contributed by atoms with Crippen molar-refractivity contribution in [3.63, 3.8) is 0 Å². The highest BCUT2D eigenvalue weighted by Gasteiger charge is 2.25. The SMILES string of the molecule is CC(NC(=O)C(C)(C)C)c1nc2ccccc2n1Cc1c(Cl)cccc1Cl. The monoisotopic (exact) mass is 403 g/mol. The van der Waals surface area contributed by atoms with Crippen LogP contribution in [0.2, 0.25) is 10.0 Å². The number of halogens is 2. The van der Waals surface area contributed by atoms with Crippen molar-refractivity contribution in [1.82, 2.24) is 14.9 Å². The van der Waals surface area contributed by atoms with Crippen LogP contribution in [0.1, 0.15) is 45.1 Å². The highest BCUT2D eigenvalue weighted by atomic mass is 35.5. The molecule has 1 aromatic heterocycles. The molecule has 0 radical (unpaired) electrons. The first-order valence-electron chi connectivity index (χ1n) is 8.87. The van der Waals surface area contributed by atoms with Gasteiger partial charge in [0.2, 0.25) is 5.91 Å². The molecule has 0 fully saturated rings. The smallest absolute Gasteiger partial charge is 0.225 e. The lowest BCUT2D eigenvalue weighted by Gasteiger charge is -2.22. The van der Waals surface area contributed by atoms with Crippen molar-refractivity contribution in [2.24, 2.45) is 5.41 Å². The molecule has 0 saturated carbocycles. The van der Waals surface area contributed by atoms with Crippen LogP contribution in [0.4, 0.5) is 0 Å². The molecular formula is C21H23Cl2N3O.